The summed E-state index contributed by atoms with van der Waals surface area (Å²) < 4.78 is 16.7. The number of aliphatic hydroxyl groups excluding tert-OH is 1. The molecule has 1 aliphatic rings. The highest BCUT2D eigenvalue weighted by atomic mass is 16.6. The second-order valence-corrected chi connectivity index (χ2v) is 4.61. The molecule has 1 heterocycles. The highest BCUT2D eigenvalue weighted by molar-refractivity contribution is 4.97. The van der Waals surface area contributed by atoms with E-state index in [-0.39, 0.29) is 12.2 Å². The first-order chi connectivity index (χ1) is 8.79. The molecular formula is C14H26O4. The second kappa shape index (κ2) is 9.36. The predicted octanol–water partition coefficient (Wildman–Crippen LogP) is 2.26. The van der Waals surface area contributed by atoms with Crippen molar-refractivity contribution in [2.45, 2.75) is 57.8 Å². The molecule has 0 saturated heterocycles. The largest absolute Gasteiger partial charge is 0.493 e. The van der Waals surface area contributed by atoms with Crippen molar-refractivity contribution in [1.82, 2.24) is 0 Å². The molecule has 3 unspecified atom stereocenters. The molecule has 4 heteroatoms. The number of hydrogen-bond donors (Lipinski definition) is 1. The normalized spacial score (nSPS) is 27.2. The average molecular weight is 258 g/mol. The SMILES string of the molecule is CCCCOCC1OC=CC(O)C1OCCCC. The van der Waals surface area contributed by atoms with Gasteiger partial charge in [0, 0.05) is 13.2 Å². The van der Waals surface area contributed by atoms with E-state index in [9.17, 15) is 5.11 Å². The third kappa shape index (κ3) is 5.38. The van der Waals surface area contributed by atoms with E-state index in [1.54, 1.807) is 6.08 Å². The molecule has 0 radical (unpaired) electrons. The van der Waals surface area contributed by atoms with Crippen LogP contribution >= 0.6 is 0 Å². The molecule has 4 nitrogen and oxygen atoms in total. The van der Waals surface area contributed by atoms with Crippen LogP contribution in [-0.2, 0) is 14.2 Å². The molecule has 18 heavy (non-hydrogen) atoms. The Morgan fingerprint density at radius 1 is 1.17 bits per heavy atom. The summed E-state index contributed by atoms with van der Waals surface area (Å²) in [5.74, 6) is 0. The van der Waals surface area contributed by atoms with Crippen molar-refractivity contribution in [3.63, 3.8) is 0 Å². The van der Waals surface area contributed by atoms with E-state index >= 15 is 0 Å². The van der Waals surface area contributed by atoms with E-state index in [0.717, 1.165) is 32.3 Å². The van der Waals surface area contributed by atoms with Gasteiger partial charge in [0.15, 0.2) is 0 Å². The number of hydrogen-bond acceptors (Lipinski definition) is 4. The molecule has 0 spiro atoms. The Labute approximate surface area is 110 Å². The van der Waals surface area contributed by atoms with E-state index in [2.05, 4.69) is 13.8 Å². The zero-order chi connectivity index (χ0) is 13.2. The molecule has 0 aliphatic carbocycles. The Bertz CT molecular complexity index is 230. The molecule has 0 aromatic heterocycles. The molecule has 3 atom stereocenters. The van der Waals surface area contributed by atoms with Gasteiger partial charge in [-0.1, -0.05) is 26.7 Å². The summed E-state index contributed by atoms with van der Waals surface area (Å²) in [4.78, 5) is 0. The van der Waals surface area contributed by atoms with Crippen molar-refractivity contribution in [2.24, 2.45) is 0 Å². The van der Waals surface area contributed by atoms with Gasteiger partial charge in [-0.3, -0.25) is 0 Å². The lowest BCUT2D eigenvalue weighted by Crippen LogP contribution is -2.45. The summed E-state index contributed by atoms with van der Waals surface area (Å²) in [6.07, 6.45) is 6.28. The fraction of sp³-hybridized carbons (Fsp3) is 0.857. The minimum Gasteiger partial charge on any atom is -0.493 e. The van der Waals surface area contributed by atoms with Gasteiger partial charge in [-0.2, -0.15) is 0 Å². The fourth-order valence-corrected chi connectivity index (χ4v) is 1.78. The maximum Gasteiger partial charge on any atom is 0.150 e. The number of rotatable bonds is 9. The molecular weight excluding hydrogens is 232 g/mol. The number of aliphatic hydroxyl groups is 1. The van der Waals surface area contributed by atoms with E-state index in [0.29, 0.717) is 13.2 Å². The number of ether oxygens (including phenoxy) is 3. The van der Waals surface area contributed by atoms with Crippen LogP contribution in [0, 0.1) is 0 Å². The van der Waals surface area contributed by atoms with Crippen molar-refractivity contribution >= 4 is 0 Å². The van der Waals surface area contributed by atoms with Crippen LogP contribution in [0.5, 0.6) is 0 Å². The Balaban J connectivity index is 2.33. The summed E-state index contributed by atoms with van der Waals surface area (Å²) in [6.45, 7) is 6.10. The summed E-state index contributed by atoms with van der Waals surface area (Å²) in [7, 11) is 0. The smallest absolute Gasteiger partial charge is 0.150 e. The van der Waals surface area contributed by atoms with Gasteiger partial charge < -0.3 is 19.3 Å². The van der Waals surface area contributed by atoms with E-state index < -0.39 is 6.10 Å². The van der Waals surface area contributed by atoms with Gasteiger partial charge in [0.25, 0.3) is 0 Å². The Kier molecular flexibility index (Phi) is 8.05. The first-order valence-electron chi connectivity index (χ1n) is 6.99. The van der Waals surface area contributed by atoms with Crippen LogP contribution in [0.1, 0.15) is 39.5 Å². The summed E-state index contributed by atoms with van der Waals surface area (Å²) in [6, 6.07) is 0. The van der Waals surface area contributed by atoms with E-state index in [1.165, 1.54) is 6.26 Å². The maximum absolute atomic E-state index is 9.89. The quantitative estimate of drug-likeness (QED) is 0.644. The molecule has 0 saturated carbocycles. The predicted molar refractivity (Wildman–Crippen MR) is 70.4 cm³/mol. The molecule has 0 aromatic rings. The fourth-order valence-electron chi connectivity index (χ4n) is 1.78. The van der Waals surface area contributed by atoms with E-state index in [1.807, 2.05) is 0 Å². The minimum absolute atomic E-state index is 0.210. The average Bonchev–Trinajstić information content (AvgIpc) is 2.37. The maximum atomic E-state index is 9.89. The molecule has 1 N–H and O–H groups in total. The third-order valence-electron chi connectivity index (χ3n) is 2.96. The van der Waals surface area contributed by atoms with Gasteiger partial charge in [0.05, 0.1) is 12.9 Å². The number of unbranched alkanes of at least 4 members (excludes halogenated alkanes) is 2. The highest BCUT2D eigenvalue weighted by Gasteiger charge is 2.31. The highest BCUT2D eigenvalue weighted by Crippen LogP contribution is 2.17. The van der Waals surface area contributed by atoms with Crippen molar-refractivity contribution < 1.29 is 19.3 Å². The van der Waals surface area contributed by atoms with Crippen molar-refractivity contribution in [2.75, 3.05) is 19.8 Å². The topological polar surface area (TPSA) is 47.9 Å². The van der Waals surface area contributed by atoms with Gasteiger partial charge in [-0.05, 0) is 18.9 Å². The van der Waals surface area contributed by atoms with Crippen LogP contribution in [0.2, 0.25) is 0 Å². The van der Waals surface area contributed by atoms with Crippen molar-refractivity contribution in [3.8, 4) is 0 Å². The van der Waals surface area contributed by atoms with Crippen molar-refractivity contribution in [3.05, 3.63) is 12.3 Å². The molecule has 0 amide bonds. The van der Waals surface area contributed by atoms with Crippen LogP contribution in [0.15, 0.2) is 12.3 Å². The zero-order valence-corrected chi connectivity index (χ0v) is 11.5. The lowest BCUT2D eigenvalue weighted by Gasteiger charge is -2.32. The molecule has 1 aliphatic heterocycles. The van der Waals surface area contributed by atoms with Crippen LogP contribution in [0.3, 0.4) is 0 Å². The summed E-state index contributed by atoms with van der Waals surface area (Å²) in [5, 5.41) is 9.89. The molecule has 0 bridgehead atoms. The van der Waals surface area contributed by atoms with E-state index in [4.69, 9.17) is 14.2 Å². The van der Waals surface area contributed by atoms with Crippen LogP contribution in [0.25, 0.3) is 0 Å². The lowest BCUT2D eigenvalue weighted by atomic mass is 10.1. The first kappa shape index (κ1) is 15.5. The van der Waals surface area contributed by atoms with Crippen molar-refractivity contribution in [1.29, 1.82) is 0 Å². The third-order valence-corrected chi connectivity index (χ3v) is 2.96. The monoisotopic (exact) mass is 258 g/mol. The molecule has 0 fully saturated rings. The summed E-state index contributed by atoms with van der Waals surface area (Å²) in [5.41, 5.74) is 0. The van der Waals surface area contributed by atoms with Gasteiger partial charge in [0.2, 0.25) is 0 Å². The van der Waals surface area contributed by atoms with Crippen LogP contribution in [-0.4, -0.2) is 43.2 Å². The van der Waals surface area contributed by atoms with Crippen LogP contribution in [0.4, 0.5) is 0 Å². The minimum atomic E-state index is -0.601. The van der Waals surface area contributed by atoms with Gasteiger partial charge >= 0.3 is 0 Å². The molecule has 1 rings (SSSR count). The molecule has 106 valence electrons. The zero-order valence-electron chi connectivity index (χ0n) is 11.5. The Hall–Kier alpha value is -0.580. The summed E-state index contributed by atoms with van der Waals surface area (Å²) >= 11 is 0. The van der Waals surface area contributed by atoms with Gasteiger partial charge in [-0.25, -0.2) is 0 Å². The standard InChI is InChI=1S/C14H26O4/c1-3-5-8-16-11-13-14(18-9-6-4-2)12(15)7-10-17-13/h7,10,12-15H,3-6,8-9,11H2,1-2H3. The molecule has 0 aromatic carbocycles. The first-order valence-corrected chi connectivity index (χ1v) is 6.99. The second-order valence-electron chi connectivity index (χ2n) is 4.61. The Morgan fingerprint density at radius 2 is 1.89 bits per heavy atom. The van der Waals surface area contributed by atoms with Gasteiger partial charge in [0.1, 0.15) is 18.3 Å². The lowest BCUT2D eigenvalue weighted by molar-refractivity contribution is -0.123. The van der Waals surface area contributed by atoms with Crippen LogP contribution < -0.4 is 0 Å². The van der Waals surface area contributed by atoms with Gasteiger partial charge in [-0.15, -0.1) is 0 Å². The Morgan fingerprint density at radius 3 is 2.61 bits per heavy atom.